The van der Waals surface area contributed by atoms with Crippen LogP contribution in [0.15, 0.2) is 48.5 Å². The minimum absolute atomic E-state index is 0.0227. The van der Waals surface area contributed by atoms with Crippen molar-refractivity contribution in [3.8, 4) is 0 Å². The van der Waals surface area contributed by atoms with Gasteiger partial charge in [-0.05, 0) is 50.5 Å². The molecule has 172 valence electrons. The highest BCUT2D eigenvalue weighted by molar-refractivity contribution is 7.89. The van der Waals surface area contributed by atoms with Gasteiger partial charge in [0.05, 0.1) is 6.04 Å². The molecular weight excluding hydrogens is 429 g/mol. The molecular formula is C24H30FN3O3S. The zero-order valence-corrected chi connectivity index (χ0v) is 19.4. The van der Waals surface area contributed by atoms with Crippen LogP contribution in [0.2, 0.25) is 0 Å². The molecule has 1 atom stereocenters. The monoisotopic (exact) mass is 459 g/mol. The van der Waals surface area contributed by atoms with Crippen LogP contribution in [0, 0.1) is 12.7 Å². The topological polar surface area (TPSA) is 60.9 Å². The second-order valence-electron chi connectivity index (χ2n) is 8.71. The van der Waals surface area contributed by atoms with E-state index in [-0.39, 0.29) is 11.9 Å². The highest BCUT2D eigenvalue weighted by atomic mass is 32.2. The lowest BCUT2D eigenvalue weighted by atomic mass is 10.1. The fourth-order valence-electron chi connectivity index (χ4n) is 4.42. The number of nitrogens with zero attached hydrogens (tertiary/aromatic N) is 3. The van der Waals surface area contributed by atoms with Crippen LogP contribution >= 0.6 is 0 Å². The predicted molar refractivity (Wildman–Crippen MR) is 123 cm³/mol. The molecule has 6 nitrogen and oxygen atoms in total. The Bertz CT molecular complexity index is 1080. The van der Waals surface area contributed by atoms with E-state index in [4.69, 9.17) is 0 Å². The van der Waals surface area contributed by atoms with E-state index in [9.17, 15) is 17.6 Å². The van der Waals surface area contributed by atoms with E-state index in [1.807, 2.05) is 25.1 Å². The van der Waals surface area contributed by atoms with Crippen molar-refractivity contribution >= 4 is 21.6 Å². The molecule has 32 heavy (non-hydrogen) atoms. The van der Waals surface area contributed by atoms with E-state index in [0.717, 1.165) is 24.1 Å². The summed E-state index contributed by atoms with van der Waals surface area (Å²) in [4.78, 5) is 16.9. The van der Waals surface area contributed by atoms with Gasteiger partial charge in [-0.3, -0.25) is 4.79 Å². The molecule has 0 N–H and O–H groups in total. The standard InChI is InChI=1S/C24H30FN3O3S/c1-18-6-5-7-21(16-18)26-12-14-27(15-13-26)32(30,31)17-24(29)28(20-10-11-20)19(2)22-8-3-4-9-23(22)25/h3-9,16,19-20H,10-15,17H2,1-2H3. The Morgan fingerprint density at radius 2 is 1.78 bits per heavy atom. The molecule has 1 unspecified atom stereocenters. The molecule has 4 rings (SSSR count). The SMILES string of the molecule is Cc1cccc(N2CCN(S(=O)(=O)CC(=O)N(C3CC3)C(C)c3ccccc3F)CC2)c1. The van der Waals surface area contributed by atoms with Gasteiger partial charge in [-0.1, -0.05) is 30.3 Å². The molecule has 1 saturated carbocycles. The van der Waals surface area contributed by atoms with Crippen molar-refractivity contribution in [1.82, 2.24) is 9.21 Å². The normalized spacial score (nSPS) is 18.4. The number of sulfonamides is 1. The molecule has 2 aromatic rings. The van der Waals surface area contributed by atoms with Crippen LogP contribution in [0.4, 0.5) is 10.1 Å². The zero-order valence-electron chi connectivity index (χ0n) is 18.6. The summed E-state index contributed by atoms with van der Waals surface area (Å²) in [7, 11) is -3.75. The highest BCUT2D eigenvalue weighted by Crippen LogP contribution is 2.35. The van der Waals surface area contributed by atoms with Crippen molar-refractivity contribution in [2.45, 2.75) is 38.8 Å². The molecule has 1 aliphatic carbocycles. The lowest BCUT2D eigenvalue weighted by molar-refractivity contribution is -0.131. The van der Waals surface area contributed by atoms with Crippen LogP contribution in [0.1, 0.15) is 36.9 Å². The van der Waals surface area contributed by atoms with Gasteiger partial charge in [0.1, 0.15) is 11.6 Å². The van der Waals surface area contributed by atoms with Crippen molar-refractivity contribution in [3.63, 3.8) is 0 Å². The molecule has 8 heteroatoms. The molecule has 1 amide bonds. The Morgan fingerprint density at radius 1 is 1.09 bits per heavy atom. The zero-order chi connectivity index (χ0) is 22.9. The van der Waals surface area contributed by atoms with Gasteiger partial charge in [0.2, 0.25) is 15.9 Å². The quantitative estimate of drug-likeness (QED) is 0.637. The van der Waals surface area contributed by atoms with Crippen molar-refractivity contribution in [3.05, 3.63) is 65.5 Å². The molecule has 1 heterocycles. The summed E-state index contributed by atoms with van der Waals surface area (Å²) in [6.45, 7) is 5.64. The number of benzene rings is 2. The maximum absolute atomic E-state index is 14.3. The molecule has 0 spiro atoms. The highest BCUT2D eigenvalue weighted by Gasteiger charge is 2.39. The fraction of sp³-hybridized carbons (Fsp3) is 0.458. The summed E-state index contributed by atoms with van der Waals surface area (Å²) in [5.41, 5.74) is 2.65. The smallest absolute Gasteiger partial charge is 0.239 e. The fourth-order valence-corrected chi connectivity index (χ4v) is 5.79. The number of aryl methyl sites for hydroxylation is 1. The summed E-state index contributed by atoms with van der Waals surface area (Å²) in [5, 5.41) is 0. The van der Waals surface area contributed by atoms with Gasteiger partial charge in [-0.2, -0.15) is 4.31 Å². The average molecular weight is 460 g/mol. The van der Waals surface area contributed by atoms with E-state index in [1.165, 1.54) is 10.4 Å². The largest absolute Gasteiger partial charge is 0.369 e. The molecule has 1 aliphatic heterocycles. The van der Waals surface area contributed by atoms with Crippen LogP contribution in [-0.4, -0.2) is 61.5 Å². The van der Waals surface area contributed by atoms with E-state index in [1.54, 1.807) is 30.0 Å². The number of piperazine rings is 1. The van der Waals surface area contributed by atoms with Crippen molar-refractivity contribution in [2.75, 3.05) is 36.8 Å². The number of hydrogen-bond acceptors (Lipinski definition) is 4. The van der Waals surface area contributed by atoms with Crippen LogP contribution in [0.25, 0.3) is 0 Å². The van der Waals surface area contributed by atoms with Gasteiger partial charge in [-0.25, -0.2) is 12.8 Å². The Balaban J connectivity index is 1.42. The van der Waals surface area contributed by atoms with Crippen molar-refractivity contribution < 1.29 is 17.6 Å². The van der Waals surface area contributed by atoms with Crippen LogP contribution in [0.5, 0.6) is 0 Å². The maximum atomic E-state index is 14.3. The molecule has 0 aromatic heterocycles. The summed E-state index contributed by atoms with van der Waals surface area (Å²) in [5.74, 6) is -1.41. The molecule has 1 saturated heterocycles. The maximum Gasteiger partial charge on any atom is 0.239 e. The van der Waals surface area contributed by atoms with Gasteiger partial charge < -0.3 is 9.80 Å². The molecule has 2 aliphatic rings. The first-order valence-electron chi connectivity index (χ1n) is 11.1. The van der Waals surface area contributed by atoms with Crippen molar-refractivity contribution in [2.24, 2.45) is 0 Å². The third kappa shape index (κ3) is 4.96. The minimum atomic E-state index is -3.75. The third-order valence-corrected chi connectivity index (χ3v) is 8.07. The average Bonchev–Trinajstić information content (AvgIpc) is 3.59. The van der Waals surface area contributed by atoms with Crippen LogP contribution in [0.3, 0.4) is 0 Å². The first-order chi connectivity index (χ1) is 15.3. The lowest BCUT2D eigenvalue weighted by Crippen LogP contribution is -2.51. The number of carbonyl (C=O) groups excluding carboxylic acids is 1. The first-order valence-corrected chi connectivity index (χ1v) is 12.7. The van der Waals surface area contributed by atoms with Gasteiger partial charge in [0, 0.05) is 43.5 Å². The number of amides is 1. The number of halogens is 1. The van der Waals surface area contributed by atoms with Crippen LogP contribution < -0.4 is 4.90 Å². The van der Waals surface area contributed by atoms with E-state index in [2.05, 4.69) is 11.0 Å². The first kappa shape index (κ1) is 22.7. The van der Waals surface area contributed by atoms with Gasteiger partial charge in [0.15, 0.2) is 0 Å². The number of rotatable bonds is 7. The van der Waals surface area contributed by atoms with E-state index < -0.39 is 27.7 Å². The molecule has 0 bridgehead atoms. The summed E-state index contributed by atoms with van der Waals surface area (Å²) in [6, 6.07) is 14.0. The van der Waals surface area contributed by atoms with E-state index in [0.29, 0.717) is 31.7 Å². The summed E-state index contributed by atoms with van der Waals surface area (Å²) < 4.78 is 41.8. The summed E-state index contributed by atoms with van der Waals surface area (Å²) >= 11 is 0. The molecule has 2 aromatic carbocycles. The predicted octanol–water partition coefficient (Wildman–Crippen LogP) is 3.34. The Labute approximate surface area is 189 Å². The Hall–Kier alpha value is -2.45. The lowest BCUT2D eigenvalue weighted by Gasteiger charge is -2.36. The number of hydrogen-bond donors (Lipinski definition) is 0. The van der Waals surface area contributed by atoms with Gasteiger partial charge in [0.25, 0.3) is 0 Å². The van der Waals surface area contributed by atoms with Gasteiger partial charge in [-0.15, -0.1) is 0 Å². The minimum Gasteiger partial charge on any atom is -0.369 e. The summed E-state index contributed by atoms with van der Waals surface area (Å²) in [6.07, 6.45) is 1.64. The molecule has 0 radical (unpaired) electrons. The third-order valence-electron chi connectivity index (χ3n) is 6.31. The second-order valence-corrected chi connectivity index (χ2v) is 10.7. The van der Waals surface area contributed by atoms with Gasteiger partial charge >= 0.3 is 0 Å². The Morgan fingerprint density at radius 3 is 2.41 bits per heavy atom. The van der Waals surface area contributed by atoms with E-state index >= 15 is 0 Å². The Kier molecular flexibility index (Phi) is 6.53. The molecule has 2 fully saturated rings. The second kappa shape index (κ2) is 9.19. The number of anilines is 1. The van der Waals surface area contributed by atoms with Crippen molar-refractivity contribution in [1.29, 1.82) is 0 Å². The van der Waals surface area contributed by atoms with Crippen LogP contribution in [-0.2, 0) is 14.8 Å². The number of carbonyl (C=O) groups is 1.